The van der Waals surface area contributed by atoms with Gasteiger partial charge in [-0.25, -0.2) is 4.39 Å². The summed E-state index contributed by atoms with van der Waals surface area (Å²) in [6.07, 6.45) is 5.69. The van der Waals surface area contributed by atoms with Gasteiger partial charge in [0.05, 0.1) is 6.04 Å². The van der Waals surface area contributed by atoms with Gasteiger partial charge in [-0.15, -0.1) is 0 Å². The van der Waals surface area contributed by atoms with E-state index in [-0.39, 0.29) is 11.7 Å². The second-order valence-electron chi connectivity index (χ2n) is 8.70. The van der Waals surface area contributed by atoms with Crippen molar-refractivity contribution in [3.63, 3.8) is 0 Å². The molecule has 1 saturated heterocycles. The molecule has 1 atom stereocenters. The van der Waals surface area contributed by atoms with Crippen molar-refractivity contribution < 1.29 is 14.0 Å². The standard InChI is InChI=1S/C25H31FN4O2/c1-29-12-6-7-18-15-19(10-11-22(18)29)23(30-13-3-2-4-14-30)17-27-24(31)25(32)28-21-9-5-8-20(26)16-21/h5,8-11,15-16,23H,2-4,6-7,12-14,17H2,1H3,(H,27,31)(H,28,32). The second-order valence-corrected chi connectivity index (χ2v) is 8.70. The molecule has 1 unspecified atom stereocenters. The zero-order valence-electron chi connectivity index (χ0n) is 18.6. The zero-order chi connectivity index (χ0) is 22.5. The molecule has 0 spiro atoms. The molecule has 2 aromatic carbocycles. The third-order valence-electron chi connectivity index (χ3n) is 6.42. The number of anilines is 2. The van der Waals surface area contributed by atoms with Crippen LogP contribution in [0.4, 0.5) is 15.8 Å². The van der Waals surface area contributed by atoms with E-state index in [1.807, 2.05) is 0 Å². The number of piperidine rings is 1. The lowest BCUT2D eigenvalue weighted by Gasteiger charge is -2.36. The van der Waals surface area contributed by atoms with Crippen LogP contribution in [-0.4, -0.2) is 49.9 Å². The fourth-order valence-corrected chi connectivity index (χ4v) is 4.72. The molecule has 6 nitrogen and oxygen atoms in total. The smallest absolute Gasteiger partial charge is 0.313 e. The average molecular weight is 439 g/mol. The molecule has 2 aromatic rings. The highest BCUT2D eigenvalue weighted by atomic mass is 19.1. The lowest BCUT2D eigenvalue weighted by molar-refractivity contribution is -0.136. The van der Waals surface area contributed by atoms with Gasteiger partial charge in [-0.05, 0) is 74.2 Å². The maximum Gasteiger partial charge on any atom is 0.313 e. The summed E-state index contributed by atoms with van der Waals surface area (Å²) in [5, 5.41) is 5.27. The predicted molar refractivity (Wildman–Crippen MR) is 124 cm³/mol. The Morgan fingerprint density at radius 2 is 1.81 bits per heavy atom. The van der Waals surface area contributed by atoms with E-state index in [1.54, 1.807) is 6.07 Å². The van der Waals surface area contributed by atoms with E-state index in [0.717, 1.165) is 45.3 Å². The fourth-order valence-electron chi connectivity index (χ4n) is 4.72. The van der Waals surface area contributed by atoms with Crippen LogP contribution in [0.2, 0.25) is 0 Å². The number of fused-ring (bicyclic) bond motifs is 1. The first kappa shape index (κ1) is 22.3. The number of carbonyl (C=O) groups is 2. The monoisotopic (exact) mass is 438 g/mol. The van der Waals surface area contributed by atoms with Crippen LogP contribution in [0.15, 0.2) is 42.5 Å². The number of halogens is 1. The number of hydrogen-bond donors (Lipinski definition) is 2. The van der Waals surface area contributed by atoms with Gasteiger partial charge in [0, 0.05) is 31.5 Å². The van der Waals surface area contributed by atoms with Gasteiger partial charge in [-0.1, -0.05) is 24.6 Å². The SMILES string of the molecule is CN1CCCc2cc(C(CNC(=O)C(=O)Nc3cccc(F)c3)N3CCCCC3)ccc21. The zero-order valence-corrected chi connectivity index (χ0v) is 18.6. The van der Waals surface area contributed by atoms with E-state index in [2.05, 4.69) is 45.7 Å². The minimum absolute atomic E-state index is 0.0127. The third kappa shape index (κ3) is 5.27. The van der Waals surface area contributed by atoms with Gasteiger partial charge in [-0.2, -0.15) is 0 Å². The number of nitrogens with one attached hydrogen (secondary N) is 2. The molecule has 170 valence electrons. The van der Waals surface area contributed by atoms with Crippen LogP contribution >= 0.6 is 0 Å². The highest BCUT2D eigenvalue weighted by Crippen LogP contribution is 2.31. The maximum absolute atomic E-state index is 13.4. The van der Waals surface area contributed by atoms with Crippen LogP contribution in [0, 0.1) is 5.82 Å². The van der Waals surface area contributed by atoms with E-state index in [0.29, 0.717) is 6.54 Å². The number of benzene rings is 2. The molecular formula is C25H31FN4O2. The summed E-state index contributed by atoms with van der Waals surface area (Å²) in [5.74, 6) is -1.97. The Morgan fingerprint density at radius 1 is 1.00 bits per heavy atom. The fraction of sp³-hybridized carbons (Fsp3) is 0.440. The number of aryl methyl sites for hydroxylation is 1. The quantitative estimate of drug-likeness (QED) is 0.702. The molecule has 2 heterocycles. The van der Waals surface area contributed by atoms with Crippen molar-refractivity contribution in [3.05, 3.63) is 59.4 Å². The molecule has 7 heteroatoms. The molecule has 1 fully saturated rings. The largest absolute Gasteiger partial charge is 0.374 e. The normalized spacial score (nSPS) is 17.4. The van der Waals surface area contributed by atoms with E-state index in [9.17, 15) is 14.0 Å². The third-order valence-corrected chi connectivity index (χ3v) is 6.42. The Hall–Kier alpha value is -2.93. The summed E-state index contributed by atoms with van der Waals surface area (Å²) in [7, 11) is 2.12. The summed E-state index contributed by atoms with van der Waals surface area (Å²) >= 11 is 0. The summed E-state index contributed by atoms with van der Waals surface area (Å²) in [6, 6.07) is 12.1. The Morgan fingerprint density at radius 3 is 2.59 bits per heavy atom. The molecule has 4 rings (SSSR count). The van der Waals surface area contributed by atoms with Crippen LogP contribution in [0.5, 0.6) is 0 Å². The van der Waals surface area contributed by atoms with E-state index >= 15 is 0 Å². The lowest BCUT2D eigenvalue weighted by Crippen LogP contribution is -2.43. The molecule has 0 radical (unpaired) electrons. The molecule has 2 amide bonds. The van der Waals surface area contributed by atoms with Gasteiger partial charge < -0.3 is 15.5 Å². The average Bonchev–Trinajstić information content (AvgIpc) is 2.80. The van der Waals surface area contributed by atoms with Gasteiger partial charge in [-0.3, -0.25) is 14.5 Å². The molecule has 32 heavy (non-hydrogen) atoms. The first-order chi connectivity index (χ1) is 15.5. The minimum atomic E-state index is -0.792. The van der Waals surface area contributed by atoms with Crippen molar-refractivity contribution in [2.24, 2.45) is 0 Å². The number of hydrogen-bond acceptors (Lipinski definition) is 4. The first-order valence-electron chi connectivity index (χ1n) is 11.4. The highest BCUT2D eigenvalue weighted by molar-refractivity contribution is 6.39. The van der Waals surface area contributed by atoms with Crippen molar-refractivity contribution >= 4 is 23.2 Å². The Balaban J connectivity index is 1.46. The Labute approximate surface area is 188 Å². The Kier molecular flexibility index (Phi) is 7.05. The molecule has 2 aliphatic rings. The second kappa shape index (κ2) is 10.1. The van der Waals surface area contributed by atoms with Crippen LogP contribution in [0.3, 0.4) is 0 Å². The highest BCUT2D eigenvalue weighted by Gasteiger charge is 2.26. The number of rotatable bonds is 5. The van der Waals surface area contributed by atoms with Gasteiger partial charge in [0.2, 0.25) is 0 Å². The van der Waals surface area contributed by atoms with Crippen LogP contribution < -0.4 is 15.5 Å². The summed E-state index contributed by atoms with van der Waals surface area (Å²) in [6.45, 7) is 3.38. The predicted octanol–water partition coefficient (Wildman–Crippen LogP) is 3.49. The number of carbonyl (C=O) groups excluding carboxylic acids is 2. The van der Waals surface area contributed by atoms with E-state index in [4.69, 9.17) is 0 Å². The van der Waals surface area contributed by atoms with Crippen molar-refractivity contribution in [2.45, 2.75) is 38.1 Å². The number of amides is 2. The minimum Gasteiger partial charge on any atom is -0.374 e. The Bertz CT molecular complexity index is 974. The van der Waals surface area contributed by atoms with E-state index < -0.39 is 17.6 Å². The van der Waals surface area contributed by atoms with Crippen molar-refractivity contribution in [3.8, 4) is 0 Å². The molecule has 0 aromatic heterocycles. The van der Waals surface area contributed by atoms with Crippen molar-refractivity contribution in [2.75, 3.05) is 43.4 Å². The summed E-state index contributed by atoms with van der Waals surface area (Å²) < 4.78 is 13.4. The maximum atomic E-state index is 13.4. The molecular weight excluding hydrogens is 407 g/mol. The van der Waals surface area contributed by atoms with Gasteiger partial charge in [0.25, 0.3) is 0 Å². The summed E-state index contributed by atoms with van der Waals surface area (Å²) in [4.78, 5) is 29.5. The molecule has 2 aliphatic heterocycles. The number of likely N-dealkylation sites (tertiary alicyclic amines) is 1. The van der Waals surface area contributed by atoms with E-state index in [1.165, 1.54) is 41.4 Å². The molecule has 0 saturated carbocycles. The van der Waals surface area contributed by atoms with Crippen molar-refractivity contribution in [1.82, 2.24) is 10.2 Å². The molecule has 2 N–H and O–H groups in total. The first-order valence-corrected chi connectivity index (χ1v) is 11.4. The van der Waals surface area contributed by atoms with Crippen LogP contribution in [0.25, 0.3) is 0 Å². The van der Waals surface area contributed by atoms with Gasteiger partial charge in [0.15, 0.2) is 0 Å². The lowest BCUT2D eigenvalue weighted by atomic mass is 9.95. The molecule has 0 aliphatic carbocycles. The molecule has 0 bridgehead atoms. The van der Waals surface area contributed by atoms with Crippen LogP contribution in [0.1, 0.15) is 42.9 Å². The van der Waals surface area contributed by atoms with Gasteiger partial charge in [0.1, 0.15) is 5.82 Å². The van der Waals surface area contributed by atoms with Gasteiger partial charge >= 0.3 is 11.8 Å². The van der Waals surface area contributed by atoms with Crippen LogP contribution in [-0.2, 0) is 16.0 Å². The number of nitrogens with zero attached hydrogens (tertiary/aromatic N) is 2. The summed E-state index contributed by atoms with van der Waals surface area (Å²) in [5.41, 5.74) is 4.05. The topological polar surface area (TPSA) is 64.7 Å². The van der Waals surface area contributed by atoms with Crippen molar-refractivity contribution in [1.29, 1.82) is 0 Å².